The highest BCUT2D eigenvalue weighted by Crippen LogP contribution is 2.67. The summed E-state index contributed by atoms with van der Waals surface area (Å²) in [5, 5.41) is 0. The quantitative estimate of drug-likeness (QED) is 0.421. The molecule has 0 aromatic carbocycles. The molecular weight excluding hydrogens is 430 g/mol. The average molecular weight is 477 g/mol. The zero-order valence-corrected chi connectivity index (χ0v) is 22.3. The third-order valence-corrected chi connectivity index (χ3v) is 12.3. The maximum absolute atomic E-state index is 13.2. The zero-order valence-electron chi connectivity index (χ0n) is 22.3. The molecule has 1 aliphatic heterocycles. The van der Waals surface area contributed by atoms with Crippen molar-refractivity contribution >= 4 is 11.9 Å². The SMILES string of the molecule is CC1(C)[C@H]2CC[C@@]1(C)[C@H](OC(=O)C[N+]1(CC(=O)O[C@H]3C[C@H]4CC[C@@]3(C)C4(C)C)CCOCC1)C2. The Hall–Kier alpha value is -1.14. The van der Waals surface area contributed by atoms with E-state index in [4.69, 9.17) is 14.2 Å². The third kappa shape index (κ3) is 3.48. The van der Waals surface area contributed by atoms with Crippen LogP contribution in [0.25, 0.3) is 0 Å². The first-order valence-electron chi connectivity index (χ1n) is 13.6. The summed E-state index contributed by atoms with van der Waals surface area (Å²) in [7, 11) is 0. The molecule has 0 spiro atoms. The lowest BCUT2D eigenvalue weighted by Crippen LogP contribution is -2.60. The molecule has 1 heterocycles. The molecule has 0 amide bonds. The van der Waals surface area contributed by atoms with Crippen molar-refractivity contribution in [3.63, 3.8) is 0 Å². The van der Waals surface area contributed by atoms with Crippen molar-refractivity contribution in [2.45, 2.75) is 92.3 Å². The number of fused-ring (bicyclic) bond motifs is 4. The van der Waals surface area contributed by atoms with Gasteiger partial charge in [-0.25, -0.2) is 9.59 Å². The molecule has 0 aromatic rings. The topological polar surface area (TPSA) is 61.8 Å². The van der Waals surface area contributed by atoms with Crippen molar-refractivity contribution < 1.29 is 28.3 Å². The van der Waals surface area contributed by atoms with Gasteiger partial charge in [-0.3, -0.25) is 0 Å². The molecule has 5 aliphatic rings. The lowest BCUT2D eigenvalue weighted by Gasteiger charge is -2.42. The fourth-order valence-corrected chi connectivity index (χ4v) is 8.66. The standard InChI is InChI=1S/C28H46NO5/c1-25(2)19-7-9-27(25,5)21(15-19)33-23(30)17-29(11-13-32-14-12-29)18-24(31)34-22-16-20-8-10-28(22,6)26(20,3)4/h19-22H,7-18H2,1-6H3/q+1/t19-,20+,21+,22-,27-,28+. The minimum Gasteiger partial charge on any atom is -0.458 e. The molecule has 5 rings (SSSR count). The molecule has 6 atom stereocenters. The number of nitrogens with zero attached hydrogens (tertiary/aromatic N) is 1. The highest BCUT2D eigenvalue weighted by Gasteiger charge is 2.64. The van der Waals surface area contributed by atoms with E-state index in [1.54, 1.807) is 0 Å². The van der Waals surface area contributed by atoms with Crippen molar-refractivity contribution in [1.82, 2.24) is 0 Å². The van der Waals surface area contributed by atoms with Crippen LogP contribution >= 0.6 is 0 Å². The zero-order chi connectivity index (χ0) is 24.6. The first-order chi connectivity index (χ1) is 15.8. The van der Waals surface area contributed by atoms with E-state index in [0.29, 0.717) is 42.6 Å². The number of carbonyl (C=O) groups excluding carboxylic acids is 2. The van der Waals surface area contributed by atoms with Gasteiger partial charge in [0.2, 0.25) is 0 Å². The van der Waals surface area contributed by atoms with Gasteiger partial charge in [0.25, 0.3) is 0 Å². The third-order valence-electron chi connectivity index (χ3n) is 12.3. The van der Waals surface area contributed by atoms with Crippen molar-refractivity contribution in [3.8, 4) is 0 Å². The Kier molecular flexibility index (Phi) is 5.73. The Bertz CT molecular complexity index is 784. The number of quaternary nitrogens is 1. The number of morpholine rings is 1. The molecular formula is C28H46NO5+. The maximum atomic E-state index is 13.2. The molecule has 4 bridgehead atoms. The van der Waals surface area contributed by atoms with Crippen LogP contribution in [0.2, 0.25) is 0 Å². The summed E-state index contributed by atoms with van der Waals surface area (Å²) in [5.74, 6) is 0.919. The van der Waals surface area contributed by atoms with Crippen LogP contribution in [-0.4, -0.2) is 68.0 Å². The lowest BCUT2D eigenvalue weighted by molar-refractivity contribution is -0.921. The highest BCUT2D eigenvalue weighted by molar-refractivity contribution is 5.73. The smallest absolute Gasteiger partial charge is 0.362 e. The van der Waals surface area contributed by atoms with E-state index in [1.807, 2.05) is 0 Å². The summed E-state index contributed by atoms with van der Waals surface area (Å²) < 4.78 is 18.3. The van der Waals surface area contributed by atoms with Crippen LogP contribution < -0.4 is 0 Å². The Morgan fingerprint density at radius 1 is 0.765 bits per heavy atom. The molecule has 0 unspecified atom stereocenters. The van der Waals surface area contributed by atoms with E-state index < -0.39 is 0 Å². The molecule has 4 saturated carbocycles. The van der Waals surface area contributed by atoms with Crippen molar-refractivity contribution in [1.29, 1.82) is 0 Å². The highest BCUT2D eigenvalue weighted by atomic mass is 16.6. The predicted molar refractivity (Wildman–Crippen MR) is 129 cm³/mol. The first-order valence-corrected chi connectivity index (χ1v) is 13.6. The molecule has 192 valence electrons. The van der Waals surface area contributed by atoms with E-state index >= 15 is 0 Å². The maximum Gasteiger partial charge on any atom is 0.362 e. The summed E-state index contributed by atoms with van der Waals surface area (Å²) in [4.78, 5) is 26.5. The van der Waals surface area contributed by atoms with Gasteiger partial charge in [0, 0.05) is 10.8 Å². The Morgan fingerprint density at radius 2 is 1.18 bits per heavy atom. The molecule has 34 heavy (non-hydrogen) atoms. The molecule has 0 aromatic heterocycles. The van der Waals surface area contributed by atoms with Gasteiger partial charge in [-0.1, -0.05) is 41.5 Å². The van der Waals surface area contributed by atoms with E-state index in [-0.39, 0.29) is 58.9 Å². The molecule has 0 radical (unpaired) electrons. The summed E-state index contributed by atoms with van der Waals surface area (Å²) in [5.41, 5.74) is 0.507. The van der Waals surface area contributed by atoms with Gasteiger partial charge in [0.1, 0.15) is 25.3 Å². The lowest BCUT2D eigenvalue weighted by atomic mass is 9.70. The second-order valence-corrected chi connectivity index (χ2v) is 13.9. The summed E-state index contributed by atoms with van der Waals surface area (Å²) in [6.07, 6.45) is 6.63. The number of hydrogen-bond donors (Lipinski definition) is 0. The van der Waals surface area contributed by atoms with Crippen LogP contribution in [0.1, 0.15) is 80.1 Å². The van der Waals surface area contributed by atoms with E-state index in [2.05, 4.69) is 41.5 Å². The van der Waals surface area contributed by atoms with Gasteiger partial charge in [-0.15, -0.1) is 0 Å². The van der Waals surface area contributed by atoms with Crippen LogP contribution in [0.5, 0.6) is 0 Å². The summed E-state index contributed by atoms with van der Waals surface area (Å²) >= 11 is 0. The number of esters is 2. The van der Waals surface area contributed by atoms with Crippen LogP contribution in [0.15, 0.2) is 0 Å². The van der Waals surface area contributed by atoms with Gasteiger partial charge in [0.15, 0.2) is 13.1 Å². The second-order valence-electron chi connectivity index (χ2n) is 13.9. The minimum absolute atomic E-state index is 0.0157. The number of ether oxygens (including phenoxy) is 3. The van der Waals surface area contributed by atoms with Crippen molar-refractivity contribution in [3.05, 3.63) is 0 Å². The van der Waals surface area contributed by atoms with E-state index in [9.17, 15) is 9.59 Å². The summed E-state index contributed by atoms with van der Waals surface area (Å²) in [6, 6.07) is 0. The number of hydrogen-bond acceptors (Lipinski definition) is 5. The van der Waals surface area contributed by atoms with Gasteiger partial charge in [-0.2, -0.15) is 0 Å². The minimum atomic E-state index is -0.169. The van der Waals surface area contributed by atoms with Crippen molar-refractivity contribution in [2.75, 3.05) is 39.4 Å². The monoisotopic (exact) mass is 476 g/mol. The fraction of sp³-hybridized carbons (Fsp3) is 0.929. The van der Waals surface area contributed by atoms with Gasteiger partial charge < -0.3 is 18.7 Å². The second kappa shape index (κ2) is 7.93. The van der Waals surface area contributed by atoms with Gasteiger partial charge in [0.05, 0.1) is 13.2 Å². The normalized spacial score (nSPS) is 43.1. The number of carbonyl (C=O) groups is 2. The Morgan fingerprint density at radius 3 is 1.50 bits per heavy atom. The van der Waals surface area contributed by atoms with Crippen LogP contribution in [0.4, 0.5) is 0 Å². The molecule has 6 heteroatoms. The van der Waals surface area contributed by atoms with Crippen LogP contribution in [0.3, 0.4) is 0 Å². The largest absolute Gasteiger partial charge is 0.458 e. The van der Waals surface area contributed by atoms with Crippen molar-refractivity contribution in [2.24, 2.45) is 33.5 Å². The predicted octanol–water partition coefficient (Wildman–Crippen LogP) is 4.35. The fourth-order valence-electron chi connectivity index (χ4n) is 8.66. The number of rotatable bonds is 6. The van der Waals surface area contributed by atoms with E-state index in [0.717, 1.165) is 25.7 Å². The van der Waals surface area contributed by atoms with Gasteiger partial charge >= 0.3 is 11.9 Å². The molecule has 6 nitrogen and oxygen atoms in total. The molecule has 1 saturated heterocycles. The summed E-state index contributed by atoms with van der Waals surface area (Å²) in [6.45, 7) is 16.8. The van der Waals surface area contributed by atoms with Gasteiger partial charge in [-0.05, 0) is 61.2 Å². The first kappa shape index (κ1) is 24.5. The molecule has 4 aliphatic carbocycles. The van der Waals surface area contributed by atoms with Crippen LogP contribution in [-0.2, 0) is 23.8 Å². The van der Waals surface area contributed by atoms with Crippen LogP contribution in [0, 0.1) is 33.5 Å². The molecule has 0 N–H and O–H groups in total. The molecule has 5 fully saturated rings. The Balaban J connectivity index is 1.23. The average Bonchev–Trinajstić information content (AvgIpc) is 3.26. The van der Waals surface area contributed by atoms with E-state index in [1.165, 1.54) is 12.8 Å². The Labute approximate surface area is 205 Å².